The van der Waals surface area contributed by atoms with Crippen molar-refractivity contribution in [1.82, 2.24) is 5.32 Å². The Morgan fingerprint density at radius 2 is 1.08 bits per heavy atom. The number of carboxylic acid groups (broad SMARTS) is 1. The average Bonchev–Trinajstić information content (AvgIpc) is 3.96. The van der Waals surface area contributed by atoms with Crippen LogP contribution in [0.2, 0.25) is 0 Å². The van der Waals surface area contributed by atoms with E-state index in [1.165, 1.54) is 36.9 Å². The zero-order valence-corrected chi connectivity index (χ0v) is 45.0. The van der Waals surface area contributed by atoms with E-state index in [2.05, 4.69) is 120 Å². The van der Waals surface area contributed by atoms with Crippen LogP contribution in [0, 0.1) is 0 Å². The van der Waals surface area contributed by atoms with Crippen molar-refractivity contribution in [2.24, 2.45) is 9.98 Å². The van der Waals surface area contributed by atoms with Gasteiger partial charge in [-0.25, -0.2) is 24.4 Å². The fourth-order valence-corrected chi connectivity index (χ4v) is 10.7. The Bertz CT molecular complexity index is 2130. The van der Waals surface area contributed by atoms with Gasteiger partial charge in [-0.1, -0.05) is 0 Å². The number of carboxylic acids is 1. The van der Waals surface area contributed by atoms with Crippen molar-refractivity contribution < 1.29 is 62.5 Å². The molecular formula is C35H39Br6N3O13S3. The Morgan fingerprint density at radius 3 is 1.45 bits per heavy atom. The Labute approximate surface area is 407 Å². The maximum atomic E-state index is 12.3. The molecule has 0 bridgehead atoms. The lowest BCUT2D eigenvalue weighted by atomic mass is 10.1. The van der Waals surface area contributed by atoms with Crippen LogP contribution in [-0.2, 0) is 33.3 Å². The van der Waals surface area contributed by atoms with E-state index in [4.69, 9.17) is 28.8 Å². The number of esters is 2. The van der Waals surface area contributed by atoms with E-state index in [1.54, 1.807) is 13.8 Å². The summed E-state index contributed by atoms with van der Waals surface area (Å²) in [4.78, 5) is 56.0. The fourth-order valence-electron chi connectivity index (χ4n) is 4.25. The molecule has 0 aromatic carbocycles. The highest BCUT2D eigenvalue weighted by atomic mass is 79.9. The van der Waals surface area contributed by atoms with Crippen LogP contribution in [0.15, 0.2) is 34.8 Å². The summed E-state index contributed by atoms with van der Waals surface area (Å²) in [7, 11) is 2.57. The summed E-state index contributed by atoms with van der Waals surface area (Å²) in [6, 6.07) is 0. The van der Waals surface area contributed by atoms with Crippen molar-refractivity contribution in [2.45, 2.75) is 58.2 Å². The first-order valence-electron chi connectivity index (χ1n) is 16.9. The molecular weight excluding hydrogens is 1250 g/mol. The summed E-state index contributed by atoms with van der Waals surface area (Å²) in [6.45, 7) is 11.2. The molecule has 25 heteroatoms. The predicted molar refractivity (Wildman–Crippen MR) is 249 cm³/mol. The Balaban J connectivity index is 0.000000240. The molecule has 1 amide bonds. The third-order valence-corrected chi connectivity index (χ3v) is 17.3. The van der Waals surface area contributed by atoms with Crippen LogP contribution in [0.25, 0.3) is 0 Å². The summed E-state index contributed by atoms with van der Waals surface area (Å²) in [5, 5.41) is 20.6. The lowest BCUT2D eigenvalue weighted by Crippen LogP contribution is -2.46. The number of ether oxygens (including phenoxy) is 7. The zero-order chi connectivity index (χ0) is 45.3. The molecule has 3 N–H and O–H groups in total. The second-order valence-electron chi connectivity index (χ2n) is 14.0. The van der Waals surface area contributed by atoms with Crippen molar-refractivity contribution >= 4 is 165 Å². The van der Waals surface area contributed by atoms with E-state index in [1.807, 2.05) is 27.7 Å². The van der Waals surface area contributed by atoms with Gasteiger partial charge in [0.25, 0.3) is 5.91 Å². The quantitative estimate of drug-likeness (QED) is 0.129. The standard InChI is InChI=1S/C12H15Br2NO5S.C12H13Br2NO4S.C11H11Br2NO4S/c1-12(2,5-16)15-11(18)9-8(7(13)10(14)21-9)20-4-6(17)19-3;1-12(2)5-19-11(15-12)9-8(7(13)10(14)20-9)18-4-6(16)17-3;1-11(2)4-18-10(14-11)8-7(17-3-5(15)16)6(12)9(13)19-8/h16H,4-5H2,1-3H3,(H,15,18);4-5H2,1-3H3;3-4H2,1-2H3,(H,15,16). The largest absolute Gasteiger partial charge is 0.479 e. The van der Waals surface area contributed by atoms with Crippen molar-refractivity contribution in [3.05, 3.63) is 39.4 Å². The number of amides is 1. The number of carbonyl (C=O) groups excluding carboxylic acids is 3. The summed E-state index contributed by atoms with van der Waals surface area (Å²) >= 11 is 24.2. The number of aliphatic imine (C=N–C) groups is 2. The van der Waals surface area contributed by atoms with Gasteiger partial charge in [-0.2, -0.15) is 0 Å². The smallest absolute Gasteiger partial charge is 0.343 e. The number of nitrogens with zero attached hydrogens (tertiary/aromatic N) is 2. The van der Waals surface area contributed by atoms with E-state index < -0.39 is 36.0 Å². The maximum Gasteiger partial charge on any atom is 0.343 e. The first-order chi connectivity index (χ1) is 27.9. The van der Waals surface area contributed by atoms with Crippen LogP contribution in [0.5, 0.6) is 17.2 Å². The summed E-state index contributed by atoms with van der Waals surface area (Å²) in [5.74, 6) is -0.179. The van der Waals surface area contributed by atoms with Gasteiger partial charge < -0.3 is 48.7 Å². The summed E-state index contributed by atoms with van der Waals surface area (Å²) < 4.78 is 40.7. The first kappa shape index (κ1) is 52.5. The van der Waals surface area contributed by atoms with Gasteiger partial charge in [-0.15, -0.1) is 34.0 Å². The van der Waals surface area contributed by atoms with Gasteiger partial charge in [-0.05, 0) is 137 Å². The molecule has 332 valence electrons. The van der Waals surface area contributed by atoms with Crippen LogP contribution in [0.3, 0.4) is 0 Å². The number of hydrogen-bond donors (Lipinski definition) is 3. The fraction of sp³-hybridized carbons (Fsp3) is 0.486. The Hall–Kier alpha value is -1.84. The minimum absolute atomic E-state index is 0.165. The normalized spacial score (nSPS) is 14.8. The first-order valence-corrected chi connectivity index (χ1v) is 24.1. The maximum absolute atomic E-state index is 12.3. The number of hydrogen-bond acceptors (Lipinski definition) is 17. The predicted octanol–water partition coefficient (Wildman–Crippen LogP) is 9.00. The zero-order valence-electron chi connectivity index (χ0n) is 33.0. The highest BCUT2D eigenvalue weighted by molar-refractivity contribution is 9.14. The van der Waals surface area contributed by atoms with E-state index in [9.17, 15) is 24.3 Å². The minimum Gasteiger partial charge on any atom is -0.479 e. The summed E-state index contributed by atoms with van der Waals surface area (Å²) in [6.07, 6.45) is 0. The molecule has 3 aromatic heterocycles. The third-order valence-electron chi connectivity index (χ3n) is 7.15. The van der Waals surface area contributed by atoms with Gasteiger partial charge in [0.05, 0.1) is 62.2 Å². The number of nitrogens with one attached hydrogen (secondary N) is 1. The molecule has 16 nitrogen and oxygen atoms in total. The number of methoxy groups -OCH3 is 2. The molecule has 0 saturated heterocycles. The average molecular weight is 1290 g/mol. The van der Waals surface area contributed by atoms with E-state index in [0.717, 1.165) is 28.3 Å². The minimum atomic E-state index is -1.03. The molecule has 0 fully saturated rings. The summed E-state index contributed by atoms with van der Waals surface area (Å²) in [5.41, 5.74) is -1.29. The highest BCUT2D eigenvalue weighted by Gasteiger charge is 2.33. The third kappa shape index (κ3) is 14.9. The molecule has 5 rings (SSSR count). The number of rotatable bonds is 14. The molecule has 0 atom stereocenters. The molecule has 0 unspecified atom stereocenters. The van der Waals surface area contributed by atoms with Crippen molar-refractivity contribution in [1.29, 1.82) is 0 Å². The molecule has 5 heterocycles. The molecule has 2 aliphatic rings. The van der Waals surface area contributed by atoms with E-state index in [-0.39, 0.29) is 36.6 Å². The van der Waals surface area contributed by atoms with Crippen molar-refractivity contribution in [3.63, 3.8) is 0 Å². The van der Waals surface area contributed by atoms with Gasteiger partial charge in [0, 0.05) is 0 Å². The Morgan fingerprint density at radius 1 is 0.700 bits per heavy atom. The van der Waals surface area contributed by atoms with Crippen LogP contribution in [0.4, 0.5) is 0 Å². The van der Waals surface area contributed by atoms with Crippen LogP contribution in [-0.4, -0.2) is 116 Å². The number of aliphatic hydroxyl groups excluding tert-OH is 1. The van der Waals surface area contributed by atoms with Crippen LogP contribution >= 0.6 is 130 Å². The van der Waals surface area contributed by atoms with Crippen molar-refractivity contribution in [2.75, 3.05) is 53.9 Å². The molecule has 0 radical (unpaired) electrons. The number of aliphatic hydroxyl groups is 1. The second kappa shape index (κ2) is 22.7. The van der Waals surface area contributed by atoms with Gasteiger partial charge in [-0.3, -0.25) is 4.79 Å². The molecule has 0 saturated carbocycles. The van der Waals surface area contributed by atoms with Gasteiger partial charge in [0.1, 0.15) is 27.8 Å². The van der Waals surface area contributed by atoms with E-state index >= 15 is 0 Å². The van der Waals surface area contributed by atoms with E-state index in [0.29, 0.717) is 59.0 Å². The number of carbonyl (C=O) groups is 4. The highest BCUT2D eigenvalue weighted by Crippen LogP contribution is 2.46. The topological polar surface area (TPSA) is 210 Å². The number of aliphatic carboxylic acids is 1. The molecule has 0 aliphatic carbocycles. The number of thiophene rings is 3. The molecule has 3 aromatic rings. The molecule has 60 heavy (non-hydrogen) atoms. The van der Waals surface area contributed by atoms with Gasteiger partial charge in [0.15, 0.2) is 37.1 Å². The SMILES string of the molecule is CC1(C)COC(c2sc(Br)c(Br)c2OCC(=O)O)=N1.COC(=O)COc1c(C(=O)NC(C)(C)CO)sc(Br)c1Br.COC(=O)COc1c(C2=NC(C)(C)CO2)sc(Br)c1Br. The molecule has 2 aliphatic heterocycles. The monoisotopic (exact) mass is 1280 g/mol. The molecule has 0 spiro atoms. The van der Waals surface area contributed by atoms with Crippen LogP contribution in [0.1, 0.15) is 61.0 Å². The van der Waals surface area contributed by atoms with Gasteiger partial charge in [0.2, 0.25) is 11.8 Å². The lowest BCUT2D eigenvalue weighted by Gasteiger charge is -2.23. The Kier molecular flexibility index (Phi) is 19.8. The van der Waals surface area contributed by atoms with Gasteiger partial charge >= 0.3 is 17.9 Å². The second-order valence-corrected chi connectivity index (χ2v) is 23.4. The van der Waals surface area contributed by atoms with Crippen molar-refractivity contribution in [3.8, 4) is 17.2 Å². The number of halogens is 6. The lowest BCUT2D eigenvalue weighted by molar-refractivity contribution is -0.143. The van der Waals surface area contributed by atoms with Crippen LogP contribution < -0.4 is 19.5 Å².